The highest BCUT2D eigenvalue weighted by Crippen LogP contribution is 2.26. The maximum atomic E-state index is 12.0. The van der Waals surface area contributed by atoms with Gasteiger partial charge in [0.2, 0.25) is 0 Å². The van der Waals surface area contributed by atoms with Gasteiger partial charge < -0.3 is 4.74 Å². The van der Waals surface area contributed by atoms with E-state index in [9.17, 15) is 13.2 Å². The number of benzene rings is 1. The summed E-state index contributed by atoms with van der Waals surface area (Å²) < 4.78 is 40.5. The number of hydrogen-bond acceptors (Lipinski definition) is 3. The van der Waals surface area contributed by atoms with Crippen molar-refractivity contribution in [3.63, 3.8) is 0 Å². The van der Waals surface area contributed by atoms with E-state index < -0.39 is 12.8 Å². The number of aryl methyl sites for hydroxylation is 2. The number of hydrazine groups is 1. The topological polar surface area (TPSA) is 47.3 Å². The zero-order valence-corrected chi connectivity index (χ0v) is 11.2. The number of fused-ring (bicyclic) bond motifs is 1. The van der Waals surface area contributed by atoms with Crippen molar-refractivity contribution < 1.29 is 17.9 Å². The fraction of sp³-hybridized carbons (Fsp3) is 0.571. The first kappa shape index (κ1) is 15.3. The lowest BCUT2D eigenvalue weighted by molar-refractivity contribution is -0.174. The van der Waals surface area contributed by atoms with E-state index in [1.165, 1.54) is 11.1 Å². The van der Waals surface area contributed by atoms with E-state index >= 15 is 0 Å². The van der Waals surface area contributed by atoms with Crippen molar-refractivity contribution in [1.82, 2.24) is 5.43 Å². The van der Waals surface area contributed by atoms with Gasteiger partial charge in [-0.2, -0.15) is 13.2 Å². The lowest BCUT2D eigenvalue weighted by Gasteiger charge is -2.18. The van der Waals surface area contributed by atoms with Gasteiger partial charge in [0.05, 0.1) is 0 Å². The molecule has 0 amide bonds. The van der Waals surface area contributed by atoms with Crippen LogP contribution in [0.25, 0.3) is 0 Å². The Morgan fingerprint density at radius 3 is 2.70 bits per heavy atom. The van der Waals surface area contributed by atoms with Crippen molar-refractivity contribution >= 4 is 0 Å². The summed E-state index contributed by atoms with van der Waals surface area (Å²) >= 11 is 0. The summed E-state index contributed by atoms with van der Waals surface area (Å²) in [5.41, 5.74) is 6.33. The average molecular weight is 288 g/mol. The summed E-state index contributed by atoms with van der Waals surface area (Å²) in [4.78, 5) is 0. The SMILES string of the molecule is NNC(CCOCC(F)(F)F)c1ccc2c(c1)CCC2. The predicted octanol–water partition coefficient (Wildman–Crippen LogP) is 2.65. The molecule has 0 radical (unpaired) electrons. The standard InChI is InChI=1S/C14H19F3N2O/c15-14(16,17)9-20-7-6-13(19-18)12-5-4-10-2-1-3-11(10)8-12/h4-5,8,13,19H,1-3,6-7,9,18H2. The van der Waals surface area contributed by atoms with Crippen molar-refractivity contribution in [2.45, 2.75) is 37.9 Å². The van der Waals surface area contributed by atoms with Gasteiger partial charge in [-0.25, -0.2) is 0 Å². The first-order chi connectivity index (χ1) is 9.49. The van der Waals surface area contributed by atoms with Gasteiger partial charge in [0.25, 0.3) is 0 Å². The van der Waals surface area contributed by atoms with Gasteiger partial charge in [0.1, 0.15) is 6.61 Å². The zero-order chi connectivity index (χ0) is 14.6. The maximum Gasteiger partial charge on any atom is 0.411 e. The Bertz CT molecular complexity index is 449. The van der Waals surface area contributed by atoms with E-state index in [2.05, 4.69) is 22.3 Å². The molecule has 0 aliphatic heterocycles. The molecule has 6 heteroatoms. The molecule has 2 rings (SSSR count). The summed E-state index contributed by atoms with van der Waals surface area (Å²) in [6.07, 6.45) is -0.547. The summed E-state index contributed by atoms with van der Waals surface area (Å²) in [7, 11) is 0. The molecule has 0 fully saturated rings. The third-order valence-corrected chi connectivity index (χ3v) is 3.54. The van der Waals surface area contributed by atoms with Crippen molar-refractivity contribution in [1.29, 1.82) is 0 Å². The first-order valence-electron chi connectivity index (χ1n) is 6.72. The molecule has 0 spiro atoms. The second-order valence-corrected chi connectivity index (χ2v) is 5.06. The Morgan fingerprint density at radius 1 is 1.25 bits per heavy atom. The van der Waals surface area contributed by atoms with Crippen LogP contribution >= 0.6 is 0 Å². The lowest BCUT2D eigenvalue weighted by atomic mass is 10.00. The number of nitrogens with one attached hydrogen (secondary N) is 1. The smallest absolute Gasteiger partial charge is 0.372 e. The molecule has 1 aromatic carbocycles. The van der Waals surface area contributed by atoms with Gasteiger partial charge >= 0.3 is 6.18 Å². The monoisotopic (exact) mass is 288 g/mol. The molecule has 0 saturated heterocycles. The third kappa shape index (κ3) is 4.19. The number of nitrogens with two attached hydrogens (primary N) is 1. The van der Waals surface area contributed by atoms with Gasteiger partial charge in [0, 0.05) is 12.6 Å². The molecule has 1 aromatic rings. The Hall–Kier alpha value is -1.11. The van der Waals surface area contributed by atoms with Gasteiger partial charge in [-0.05, 0) is 42.4 Å². The van der Waals surface area contributed by atoms with E-state index in [1.54, 1.807) is 0 Å². The van der Waals surface area contributed by atoms with E-state index in [1.807, 2.05) is 6.07 Å². The Kier molecular flexibility index (Phi) is 5.01. The lowest BCUT2D eigenvalue weighted by Crippen LogP contribution is -2.29. The molecule has 0 bridgehead atoms. The molecule has 1 aliphatic carbocycles. The zero-order valence-electron chi connectivity index (χ0n) is 11.2. The van der Waals surface area contributed by atoms with E-state index in [-0.39, 0.29) is 12.6 Å². The van der Waals surface area contributed by atoms with E-state index in [0.29, 0.717) is 6.42 Å². The highest BCUT2D eigenvalue weighted by Gasteiger charge is 2.27. The Balaban J connectivity index is 1.88. The summed E-state index contributed by atoms with van der Waals surface area (Å²) in [5, 5.41) is 0. The van der Waals surface area contributed by atoms with Crippen LogP contribution in [0.2, 0.25) is 0 Å². The molecule has 3 N–H and O–H groups in total. The number of hydrogen-bond donors (Lipinski definition) is 2. The highest BCUT2D eigenvalue weighted by molar-refractivity contribution is 5.36. The molecule has 20 heavy (non-hydrogen) atoms. The summed E-state index contributed by atoms with van der Waals surface area (Å²) in [5.74, 6) is 5.49. The molecule has 1 unspecified atom stereocenters. The van der Waals surface area contributed by atoms with Crippen LogP contribution in [0.4, 0.5) is 13.2 Å². The quantitative estimate of drug-likeness (QED) is 0.480. The van der Waals surface area contributed by atoms with Crippen LogP contribution in [0.15, 0.2) is 18.2 Å². The Labute approximate surface area is 116 Å². The van der Waals surface area contributed by atoms with Crippen LogP contribution < -0.4 is 11.3 Å². The minimum atomic E-state index is -4.28. The van der Waals surface area contributed by atoms with Crippen molar-refractivity contribution in [3.05, 3.63) is 34.9 Å². The number of rotatable bonds is 6. The maximum absolute atomic E-state index is 12.0. The van der Waals surface area contributed by atoms with Crippen LogP contribution in [0.3, 0.4) is 0 Å². The van der Waals surface area contributed by atoms with Crippen molar-refractivity contribution in [2.24, 2.45) is 5.84 Å². The van der Waals surface area contributed by atoms with Crippen LogP contribution in [0.1, 0.15) is 35.6 Å². The van der Waals surface area contributed by atoms with Crippen LogP contribution in [-0.2, 0) is 17.6 Å². The molecule has 0 saturated carbocycles. The molecule has 0 heterocycles. The predicted molar refractivity (Wildman–Crippen MR) is 70.0 cm³/mol. The van der Waals surface area contributed by atoms with Gasteiger partial charge in [-0.15, -0.1) is 0 Å². The van der Waals surface area contributed by atoms with E-state index in [0.717, 1.165) is 24.8 Å². The second-order valence-electron chi connectivity index (χ2n) is 5.06. The average Bonchev–Trinajstić information content (AvgIpc) is 2.84. The molecule has 3 nitrogen and oxygen atoms in total. The summed E-state index contributed by atoms with van der Waals surface area (Å²) in [6.45, 7) is -1.19. The van der Waals surface area contributed by atoms with Crippen LogP contribution in [0.5, 0.6) is 0 Å². The number of halogens is 3. The van der Waals surface area contributed by atoms with Crippen molar-refractivity contribution in [3.8, 4) is 0 Å². The summed E-state index contributed by atoms with van der Waals surface area (Å²) in [6, 6.07) is 5.97. The minimum Gasteiger partial charge on any atom is -0.372 e. The van der Waals surface area contributed by atoms with Gasteiger partial charge in [-0.1, -0.05) is 18.2 Å². The fourth-order valence-corrected chi connectivity index (χ4v) is 2.54. The molecule has 0 aromatic heterocycles. The van der Waals surface area contributed by atoms with Crippen molar-refractivity contribution in [2.75, 3.05) is 13.2 Å². The number of alkyl halides is 3. The first-order valence-corrected chi connectivity index (χ1v) is 6.72. The third-order valence-electron chi connectivity index (χ3n) is 3.54. The normalized spacial score (nSPS) is 16.2. The molecular weight excluding hydrogens is 269 g/mol. The Morgan fingerprint density at radius 2 is 2.00 bits per heavy atom. The minimum absolute atomic E-state index is 0.0193. The molecular formula is C14H19F3N2O. The highest BCUT2D eigenvalue weighted by atomic mass is 19.4. The number of ether oxygens (including phenoxy) is 1. The fourth-order valence-electron chi connectivity index (χ4n) is 2.54. The molecule has 1 aliphatic rings. The second kappa shape index (κ2) is 6.56. The van der Waals surface area contributed by atoms with E-state index in [4.69, 9.17) is 5.84 Å². The van der Waals surface area contributed by atoms with Gasteiger partial charge in [0.15, 0.2) is 0 Å². The largest absolute Gasteiger partial charge is 0.411 e. The van der Waals surface area contributed by atoms with Crippen LogP contribution in [0, 0.1) is 0 Å². The molecule has 1 atom stereocenters. The van der Waals surface area contributed by atoms with Gasteiger partial charge in [-0.3, -0.25) is 11.3 Å². The van der Waals surface area contributed by atoms with Crippen LogP contribution in [-0.4, -0.2) is 19.4 Å². The molecule has 112 valence electrons.